The second kappa shape index (κ2) is 7.91. The molecule has 4 N–H and O–H groups in total. The van der Waals surface area contributed by atoms with Gasteiger partial charge in [0.05, 0.1) is 23.4 Å². The van der Waals surface area contributed by atoms with Crippen molar-refractivity contribution < 1.29 is 4.39 Å². The van der Waals surface area contributed by atoms with Crippen LogP contribution in [0.4, 0.5) is 4.39 Å². The number of nitrogens with two attached hydrogens (primary N) is 2. The molecule has 1 fully saturated rings. The van der Waals surface area contributed by atoms with Crippen molar-refractivity contribution in [2.24, 2.45) is 22.4 Å². The van der Waals surface area contributed by atoms with Gasteiger partial charge in [0.1, 0.15) is 5.52 Å². The van der Waals surface area contributed by atoms with E-state index >= 15 is 0 Å². The predicted molar refractivity (Wildman–Crippen MR) is 104 cm³/mol. The van der Waals surface area contributed by atoms with Gasteiger partial charge < -0.3 is 11.5 Å². The van der Waals surface area contributed by atoms with Gasteiger partial charge in [-0.25, -0.2) is 9.37 Å². The smallest absolute Gasteiger partial charge is 0.151 e. The first-order chi connectivity index (χ1) is 12.5. The maximum absolute atomic E-state index is 14.1. The van der Waals surface area contributed by atoms with Gasteiger partial charge in [-0.05, 0) is 64.1 Å². The number of para-hydroxylation sites is 1. The lowest BCUT2D eigenvalue weighted by molar-refractivity contribution is 0.248. The Bertz CT molecular complexity index is 848. The monoisotopic (exact) mass is 355 g/mol. The molecule has 0 bridgehead atoms. The molecule has 0 radical (unpaired) electrons. The summed E-state index contributed by atoms with van der Waals surface area (Å²) in [6.07, 6.45) is 6.07. The highest BCUT2D eigenvalue weighted by Crippen LogP contribution is 2.34. The topological polar surface area (TPSA) is 90.2 Å². The fraction of sp³-hybridized carbons (Fsp3) is 0.450. The van der Waals surface area contributed by atoms with E-state index in [1.807, 2.05) is 13.8 Å². The van der Waals surface area contributed by atoms with Crippen molar-refractivity contribution in [3.8, 4) is 0 Å². The minimum Gasteiger partial charge on any atom is -0.402 e. The van der Waals surface area contributed by atoms with Crippen LogP contribution in [0.1, 0.15) is 45.2 Å². The van der Waals surface area contributed by atoms with E-state index in [4.69, 9.17) is 16.5 Å². The standard InChI is InChI=1S/C20H26FN5/c1-12(23)19(13(2)25-15-9-14(10-15)5-4-8-22)18-11-24-17-7-3-6-16(21)20(17)26-18/h3,6-7,11,14-15H,4-5,8-10,22-23H2,1-2H3. The number of hydrogen-bond acceptors (Lipinski definition) is 5. The second-order valence-electron chi connectivity index (χ2n) is 7.06. The zero-order chi connectivity index (χ0) is 18.7. The van der Waals surface area contributed by atoms with Crippen LogP contribution in [-0.4, -0.2) is 28.3 Å². The quantitative estimate of drug-likeness (QED) is 0.777. The van der Waals surface area contributed by atoms with Crippen molar-refractivity contribution in [2.75, 3.05) is 6.54 Å². The van der Waals surface area contributed by atoms with Crippen LogP contribution in [0.15, 0.2) is 35.1 Å². The molecule has 2 aromatic rings. The fourth-order valence-electron chi connectivity index (χ4n) is 3.58. The molecule has 0 unspecified atom stereocenters. The summed E-state index contributed by atoms with van der Waals surface area (Å²) in [5.41, 5.74) is 15.2. The van der Waals surface area contributed by atoms with Crippen molar-refractivity contribution in [3.63, 3.8) is 0 Å². The van der Waals surface area contributed by atoms with E-state index in [0.717, 1.165) is 43.0 Å². The number of fused-ring (bicyclic) bond motifs is 1. The van der Waals surface area contributed by atoms with Crippen LogP contribution in [0, 0.1) is 11.7 Å². The molecule has 6 heteroatoms. The summed E-state index contributed by atoms with van der Waals surface area (Å²) in [5, 5.41) is 0. The Morgan fingerprint density at radius 3 is 2.77 bits per heavy atom. The molecule has 3 rings (SSSR count). The van der Waals surface area contributed by atoms with Crippen molar-refractivity contribution >= 4 is 22.3 Å². The van der Waals surface area contributed by atoms with Crippen LogP contribution in [0.25, 0.3) is 16.6 Å². The molecule has 0 amide bonds. The summed E-state index contributed by atoms with van der Waals surface area (Å²) in [4.78, 5) is 13.6. The Hall–Kier alpha value is -2.34. The fourth-order valence-corrected chi connectivity index (χ4v) is 3.58. The van der Waals surface area contributed by atoms with Crippen LogP contribution >= 0.6 is 0 Å². The third-order valence-electron chi connectivity index (χ3n) is 4.94. The molecular formula is C20H26FN5. The van der Waals surface area contributed by atoms with Gasteiger partial charge in [-0.3, -0.25) is 9.98 Å². The Labute approximate surface area is 153 Å². The lowest BCUT2D eigenvalue weighted by atomic mass is 9.77. The van der Waals surface area contributed by atoms with E-state index in [1.54, 1.807) is 18.3 Å². The van der Waals surface area contributed by atoms with E-state index in [2.05, 4.69) is 9.97 Å². The summed E-state index contributed by atoms with van der Waals surface area (Å²) < 4.78 is 14.1. The van der Waals surface area contributed by atoms with Gasteiger partial charge in [0.25, 0.3) is 0 Å². The minimum atomic E-state index is -0.387. The number of aromatic nitrogens is 2. The lowest BCUT2D eigenvalue weighted by Gasteiger charge is -2.33. The van der Waals surface area contributed by atoms with Gasteiger partial charge in [0, 0.05) is 17.0 Å². The molecule has 1 heterocycles. The number of benzene rings is 1. The third kappa shape index (κ3) is 3.90. The number of rotatable bonds is 6. The van der Waals surface area contributed by atoms with Crippen LogP contribution in [0.2, 0.25) is 0 Å². The van der Waals surface area contributed by atoms with Gasteiger partial charge >= 0.3 is 0 Å². The summed E-state index contributed by atoms with van der Waals surface area (Å²) >= 11 is 0. The highest BCUT2D eigenvalue weighted by molar-refractivity contribution is 6.23. The predicted octanol–water partition coefficient (Wildman–Crippen LogP) is 3.44. The number of hydrogen-bond donors (Lipinski definition) is 2. The molecule has 0 saturated heterocycles. The molecular weight excluding hydrogens is 329 g/mol. The SMILES string of the molecule is CC(=NC1CC(CCCN)C1)C(=C(C)N)c1cnc2cccc(F)c2n1. The normalized spacial score (nSPS) is 21.5. The van der Waals surface area contributed by atoms with E-state index in [1.165, 1.54) is 12.5 Å². The van der Waals surface area contributed by atoms with Gasteiger partial charge in [0.15, 0.2) is 5.82 Å². The molecule has 1 saturated carbocycles. The summed E-state index contributed by atoms with van der Waals surface area (Å²) in [7, 11) is 0. The van der Waals surface area contributed by atoms with Gasteiger partial charge in [-0.15, -0.1) is 0 Å². The number of allylic oxidation sites excluding steroid dienone is 2. The van der Waals surface area contributed by atoms with Crippen molar-refractivity contribution in [1.82, 2.24) is 9.97 Å². The van der Waals surface area contributed by atoms with Crippen molar-refractivity contribution in [3.05, 3.63) is 41.6 Å². The Balaban J connectivity index is 1.83. The molecule has 0 atom stereocenters. The molecule has 5 nitrogen and oxygen atoms in total. The molecule has 0 spiro atoms. The zero-order valence-electron chi connectivity index (χ0n) is 15.4. The highest BCUT2D eigenvalue weighted by Gasteiger charge is 2.28. The maximum atomic E-state index is 14.1. The molecule has 1 aliphatic rings. The first-order valence-electron chi connectivity index (χ1n) is 9.12. The largest absolute Gasteiger partial charge is 0.402 e. The summed E-state index contributed by atoms with van der Waals surface area (Å²) in [6.45, 7) is 4.50. The van der Waals surface area contributed by atoms with Gasteiger partial charge in [-0.2, -0.15) is 0 Å². The number of aliphatic imine (C=N–C) groups is 1. The summed E-state index contributed by atoms with van der Waals surface area (Å²) in [5.74, 6) is 0.336. The van der Waals surface area contributed by atoms with E-state index in [9.17, 15) is 4.39 Å². The third-order valence-corrected chi connectivity index (χ3v) is 4.94. The number of halogens is 1. The van der Waals surface area contributed by atoms with Crippen LogP contribution < -0.4 is 11.5 Å². The van der Waals surface area contributed by atoms with E-state index in [0.29, 0.717) is 22.9 Å². The zero-order valence-corrected chi connectivity index (χ0v) is 15.4. The Kier molecular flexibility index (Phi) is 5.61. The molecule has 1 aromatic heterocycles. The Morgan fingerprint density at radius 2 is 2.08 bits per heavy atom. The highest BCUT2D eigenvalue weighted by atomic mass is 19.1. The first-order valence-corrected chi connectivity index (χ1v) is 9.12. The molecule has 0 aliphatic heterocycles. The molecule has 1 aliphatic carbocycles. The van der Waals surface area contributed by atoms with Crippen LogP contribution in [0.5, 0.6) is 0 Å². The van der Waals surface area contributed by atoms with Gasteiger partial charge in [-0.1, -0.05) is 6.07 Å². The Morgan fingerprint density at radius 1 is 1.31 bits per heavy atom. The van der Waals surface area contributed by atoms with Crippen LogP contribution in [-0.2, 0) is 0 Å². The van der Waals surface area contributed by atoms with Crippen LogP contribution in [0.3, 0.4) is 0 Å². The van der Waals surface area contributed by atoms with Crippen molar-refractivity contribution in [2.45, 2.75) is 45.6 Å². The van der Waals surface area contributed by atoms with Crippen molar-refractivity contribution in [1.29, 1.82) is 0 Å². The first kappa shape index (κ1) is 18.5. The maximum Gasteiger partial charge on any atom is 0.151 e. The molecule has 1 aromatic carbocycles. The molecule has 26 heavy (non-hydrogen) atoms. The van der Waals surface area contributed by atoms with E-state index < -0.39 is 0 Å². The van der Waals surface area contributed by atoms with Gasteiger partial charge in [0.2, 0.25) is 0 Å². The second-order valence-corrected chi connectivity index (χ2v) is 7.06. The molecule has 138 valence electrons. The minimum absolute atomic E-state index is 0.252. The van der Waals surface area contributed by atoms with E-state index in [-0.39, 0.29) is 11.3 Å². The lowest BCUT2D eigenvalue weighted by Crippen LogP contribution is -2.28. The number of nitrogens with zero attached hydrogens (tertiary/aromatic N) is 3. The summed E-state index contributed by atoms with van der Waals surface area (Å²) in [6, 6.07) is 5.07. The average molecular weight is 355 g/mol. The average Bonchev–Trinajstić information content (AvgIpc) is 2.57.